The minimum Gasteiger partial charge on any atom is -0.481 e. The number of aliphatic hydroxyl groups excluding tert-OH is 1. The van der Waals surface area contributed by atoms with Crippen molar-refractivity contribution < 1.29 is 91.7 Å². The van der Waals surface area contributed by atoms with Gasteiger partial charge in [0.1, 0.15) is 72.5 Å². The Morgan fingerprint density at radius 2 is 1.05 bits per heavy atom. The van der Waals surface area contributed by atoms with E-state index in [1.54, 1.807) is 92.1 Å². The lowest BCUT2D eigenvalue weighted by atomic mass is 9.96. The van der Waals surface area contributed by atoms with Crippen molar-refractivity contribution >= 4 is 133 Å². The lowest BCUT2D eigenvalue weighted by Crippen LogP contribution is -2.63. The van der Waals surface area contributed by atoms with Crippen molar-refractivity contribution in [2.75, 3.05) is 13.1 Å². The molecule has 2 saturated heterocycles. The summed E-state index contributed by atoms with van der Waals surface area (Å²) in [5.41, 5.74) is 20.5. The number of likely N-dealkylation sites (tertiary alicyclic amines) is 1. The minimum absolute atomic E-state index is 0.0267. The van der Waals surface area contributed by atoms with Gasteiger partial charge in [-0.15, -0.1) is 0 Å². The van der Waals surface area contributed by atoms with Gasteiger partial charge in [0.25, 0.3) is 0 Å². The van der Waals surface area contributed by atoms with E-state index in [2.05, 4.69) is 88.7 Å². The van der Waals surface area contributed by atoms with E-state index in [1.165, 1.54) is 30.5 Å². The summed E-state index contributed by atoms with van der Waals surface area (Å²) in [6, 6.07) is -1.03. The molecule has 24 N–H and O–H groups in total. The predicted molar refractivity (Wildman–Crippen MR) is 412 cm³/mol. The molecular weight excluding hydrogens is 1510 g/mol. The first kappa shape index (κ1) is 86.4. The van der Waals surface area contributed by atoms with Gasteiger partial charge in [0, 0.05) is 103 Å². The van der Waals surface area contributed by atoms with Gasteiger partial charge >= 0.3 is 5.97 Å². The Balaban J connectivity index is 1.09. The van der Waals surface area contributed by atoms with Crippen LogP contribution in [0.4, 0.5) is 0 Å². The van der Waals surface area contributed by atoms with Crippen molar-refractivity contribution in [2.45, 2.75) is 183 Å². The van der Waals surface area contributed by atoms with Crippen molar-refractivity contribution in [3.8, 4) is 0 Å². The fraction of sp³-hybridized carbons (Fsp3) is 0.421. The topological polar surface area (TPSA) is 632 Å². The molecule has 40 nitrogen and oxygen atoms in total. The van der Waals surface area contributed by atoms with Crippen molar-refractivity contribution in [3.05, 3.63) is 126 Å². The quantitative estimate of drug-likeness (QED) is 0.0220. The molecule has 40 heteroatoms. The Labute approximate surface area is 661 Å². The predicted octanol–water partition coefficient (Wildman–Crippen LogP) is -4.48. The molecule has 2 aliphatic heterocycles. The number of aliphatic hydroxyl groups is 1. The first-order chi connectivity index (χ1) is 55.2. The van der Waals surface area contributed by atoms with Crippen LogP contribution in [-0.2, 0) is 107 Å². The zero-order valence-electron chi connectivity index (χ0n) is 63.8. The first-order valence-corrected chi connectivity index (χ1v) is 37.5. The molecule has 116 heavy (non-hydrogen) atoms. The fourth-order valence-corrected chi connectivity index (χ4v) is 13.8. The molecule has 2 fully saturated rings. The molecule has 0 bridgehead atoms. The van der Waals surface area contributed by atoms with Crippen molar-refractivity contribution in [2.24, 2.45) is 23.1 Å². The standard InChI is InChI=1S/C76H95N21O19/c1-5-36(2)63(95-75(115)64(37(3)98)96-73(113)50(86-38(4)99)23-39-31-82-46-16-9-6-13-43(39)46)74(114)93-55-29-61(102)81-21-20-49(66(106)94-57(76(116)97-22-12-19-58(97)65(79)105)25-41-33-84-48-18-11-8-15-45(41)48)87-72(112)56(30-62(103)104)92-68(108)52(26-42-34-80-35-85-42)89-67(107)51(24-40-32-83-47-17-10-7-14-44(40)47)88-69(109)53(27-59(77)100)90-70(110)54(28-60(78)101)91-71(55)111/h6-11,13-18,31-37,49-58,63-64,82-84,98H,5,12,19-30H2,1-4H3,(H2,77,100)(H2,78,101)(H2,79,105)(H,80,85)(H,81,102)(H,86,99)(H,87,112)(H,88,109)(H,89,107)(H,90,110)(H,91,111)(H,92,108)(H,93,114)(H,94,106)(H,95,115)(H,96,113)(H,103,104)/t36-,37+,49+,50-,51+,52+,53+,54+,55+,56+,57+,58+,63-,64-/m1/s1. The normalized spacial score (nSPS) is 21.2. The molecule has 4 aromatic heterocycles. The van der Waals surface area contributed by atoms with E-state index in [1.807, 2.05) is 0 Å². The second-order valence-corrected chi connectivity index (χ2v) is 28.7. The number of aliphatic carboxylic acids is 1. The Kier molecular flexibility index (Phi) is 29.6. The fourth-order valence-electron chi connectivity index (χ4n) is 13.8. The summed E-state index contributed by atoms with van der Waals surface area (Å²) in [4.78, 5) is 259. The summed E-state index contributed by atoms with van der Waals surface area (Å²) in [5, 5.41) is 52.7. The number of benzene rings is 3. The number of amides is 16. The van der Waals surface area contributed by atoms with Crippen LogP contribution in [-0.4, -0.2) is 232 Å². The summed E-state index contributed by atoms with van der Waals surface area (Å²) >= 11 is 0. The number of nitrogens with two attached hydrogens (primary N) is 3. The maximum Gasteiger partial charge on any atom is 0.305 e. The van der Waals surface area contributed by atoms with Crippen molar-refractivity contribution in [1.82, 2.24) is 93.6 Å². The highest BCUT2D eigenvalue weighted by Crippen LogP contribution is 2.25. The number of carbonyl (C=O) groups excluding carboxylic acids is 16. The van der Waals surface area contributed by atoms with E-state index in [4.69, 9.17) is 17.2 Å². The zero-order valence-corrected chi connectivity index (χ0v) is 63.8. The second-order valence-electron chi connectivity index (χ2n) is 28.7. The number of H-pyrrole nitrogens is 4. The second kappa shape index (κ2) is 39.8. The summed E-state index contributed by atoms with van der Waals surface area (Å²) < 4.78 is 0. The number of para-hydroxylation sites is 3. The third-order valence-electron chi connectivity index (χ3n) is 20.1. The molecule has 14 atom stereocenters. The number of aromatic amines is 4. The molecule has 9 rings (SSSR count). The van der Waals surface area contributed by atoms with Gasteiger partial charge < -0.3 is 116 Å². The molecule has 7 aromatic rings. The molecule has 0 radical (unpaired) electrons. The van der Waals surface area contributed by atoms with Crippen LogP contribution in [0.2, 0.25) is 0 Å². The van der Waals surface area contributed by atoms with Gasteiger partial charge in [0.15, 0.2) is 0 Å². The molecule has 2 aliphatic rings. The number of nitrogens with zero attached hydrogens (tertiary/aromatic N) is 2. The number of aromatic nitrogens is 5. The van der Waals surface area contributed by atoms with E-state index in [0.717, 1.165) is 13.8 Å². The van der Waals surface area contributed by atoms with Gasteiger partial charge in [-0.25, -0.2) is 4.98 Å². The number of carboxylic acid groups (broad SMARTS) is 1. The molecule has 0 unspecified atom stereocenters. The van der Waals surface area contributed by atoms with Gasteiger partial charge in [-0.05, 0) is 67.0 Å². The molecule has 16 amide bonds. The highest BCUT2D eigenvalue weighted by atomic mass is 16.4. The Bertz CT molecular complexity index is 4840. The van der Waals surface area contributed by atoms with E-state index in [-0.39, 0.29) is 37.9 Å². The maximum atomic E-state index is 15.2. The number of hydrogen-bond donors (Lipinski definition) is 21. The summed E-state index contributed by atoms with van der Waals surface area (Å²) in [5.74, 6) is -21.1. The number of fused-ring (bicyclic) bond motifs is 3. The van der Waals surface area contributed by atoms with Crippen LogP contribution < -0.4 is 81.0 Å². The monoisotopic (exact) mass is 1610 g/mol. The SMILES string of the molecule is CC[C@@H](C)[C@@H](NC(=O)[C@H](NC(=O)[C@@H](Cc1c[nH]c2ccccc12)NC(C)=O)[C@H](C)O)C(=O)N[C@H]1CC(=O)NCC[C@@H](C(=O)N[C@@H](Cc2c[nH]c3ccccc23)C(=O)N2CCC[C@H]2C(N)=O)NC(=O)[C@H](CC(=O)O)NC(=O)[C@H](Cc2c[nH]cn2)NC(=O)[C@H](Cc2c[nH]c3ccccc23)NC(=O)[C@H](CC(N)=O)NC(=O)[C@H](CC(N)=O)NC1=O. The van der Waals surface area contributed by atoms with Gasteiger partial charge in [-0.1, -0.05) is 74.9 Å². The Morgan fingerprint density at radius 1 is 0.560 bits per heavy atom. The number of imidazole rings is 1. The lowest BCUT2D eigenvalue weighted by Gasteiger charge is -2.30. The van der Waals surface area contributed by atoms with E-state index in [9.17, 15) is 72.5 Å². The molecule has 0 saturated carbocycles. The molecule has 618 valence electrons. The molecule has 0 aliphatic carbocycles. The summed E-state index contributed by atoms with van der Waals surface area (Å²) in [6.45, 7) is 4.71. The van der Waals surface area contributed by atoms with E-state index < -0.39 is 236 Å². The maximum absolute atomic E-state index is 15.2. The van der Waals surface area contributed by atoms with Crippen LogP contribution in [0.15, 0.2) is 104 Å². The van der Waals surface area contributed by atoms with Crippen molar-refractivity contribution in [1.29, 1.82) is 0 Å². The average molecular weight is 1610 g/mol. The highest BCUT2D eigenvalue weighted by molar-refractivity contribution is 6.03. The zero-order chi connectivity index (χ0) is 84.2. The molecular formula is C76H95N21O19. The number of primary amides is 3. The summed E-state index contributed by atoms with van der Waals surface area (Å²) in [6.07, 6.45) is -0.381. The van der Waals surface area contributed by atoms with Gasteiger partial charge in [-0.2, -0.15) is 0 Å². The van der Waals surface area contributed by atoms with Crippen LogP contribution in [0.25, 0.3) is 32.7 Å². The number of carbonyl (C=O) groups is 17. The number of hydrogen-bond acceptors (Lipinski definition) is 19. The Morgan fingerprint density at radius 3 is 1.57 bits per heavy atom. The van der Waals surface area contributed by atoms with Crippen LogP contribution >= 0.6 is 0 Å². The third-order valence-corrected chi connectivity index (χ3v) is 20.1. The van der Waals surface area contributed by atoms with Crippen LogP contribution in [0, 0.1) is 5.92 Å². The van der Waals surface area contributed by atoms with Gasteiger partial charge in [0.05, 0.1) is 43.8 Å². The van der Waals surface area contributed by atoms with Crippen LogP contribution in [0.3, 0.4) is 0 Å². The molecule has 0 spiro atoms. The largest absolute Gasteiger partial charge is 0.481 e. The van der Waals surface area contributed by atoms with Crippen molar-refractivity contribution in [3.63, 3.8) is 0 Å². The molecule has 3 aromatic carbocycles. The van der Waals surface area contributed by atoms with Gasteiger partial charge in [0.2, 0.25) is 94.5 Å². The smallest absolute Gasteiger partial charge is 0.305 e. The van der Waals surface area contributed by atoms with E-state index >= 15 is 19.2 Å². The molecule has 6 heterocycles. The lowest BCUT2D eigenvalue weighted by molar-refractivity contribution is -0.142. The number of nitrogens with one attached hydrogen (secondary N) is 16. The van der Waals surface area contributed by atoms with Gasteiger partial charge in [-0.3, -0.25) is 81.5 Å². The van der Waals surface area contributed by atoms with Crippen LogP contribution in [0.1, 0.15) is 101 Å². The van der Waals surface area contributed by atoms with E-state index in [0.29, 0.717) is 55.8 Å². The average Bonchev–Trinajstić information content (AvgIpc) is 1.63. The summed E-state index contributed by atoms with van der Waals surface area (Å²) in [7, 11) is 0. The number of carboxylic acids is 1. The highest BCUT2D eigenvalue weighted by Gasteiger charge is 2.42. The first-order valence-electron chi connectivity index (χ1n) is 37.5. The number of rotatable bonds is 28. The van der Waals surface area contributed by atoms with Crippen LogP contribution in [0.5, 0.6) is 0 Å². The third kappa shape index (κ3) is 23.1. The Hall–Kier alpha value is -13.6. The minimum atomic E-state index is -2.20.